The molecule has 1 fully saturated rings. The van der Waals surface area contributed by atoms with Crippen LogP contribution in [0.1, 0.15) is 42.2 Å². The number of rotatable bonds is 5. The molecule has 0 atom stereocenters. The molecule has 0 unspecified atom stereocenters. The maximum absolute atomic E-state index is 12.4. The van der Waals surface area contributed by atoms with Gasteiger partial charge in [0.25, 0.3) is 5.91 Å². The molecule has 1 saturated heterocycles. The smallest absolute Gasteiger partial charge is 0.329 e. The van der Waals surface area contributed by atoms with Crippen molar-refractivity contribution in [2.75, 3.05) is 13.2 Å². The van der Waals surface area contributed by atoms with Gasteiger partial charge in [0.05, 0.1) is 11.3 Å². The molecule has 2 N–H and O–H groups in total. The number of aryl methyl sites for hydroxylation is 1. The Morgan fingerprint density at radius 3 is 2.76 bits per heavy atom. The van der Waals surface area contributed by atoms with E-state index in [9.17, 15) is 14.7 Å². The number of amides is 1. The average molecular weight is 293 g/mol. The van der Waals surface area contributed by atoms with E-state index in [1.807, 2.05) is 6.92 Å². The summed E-state index contributed by atoms with van der Waals surface area (Å²) < 4.78 is 5.19. The summed E-state index contributed by atoms with van der Waals surface area (Å²) in [7, 11) is 0. The van der Waals surface area contributed by atoms with Crippen LogP contribution in [0.2, 0.25) is 0 Å². The van der Waals surface area contributed by atoms with Gasteiger partial charge in [-0.25, -0.2) is 14.8 Å². The van der Waals surface area contributed by atoms with Crippen molar-refractivity contribution >= 4 is 11.9 Å². The second-order valence-electron chi connectivity index (χ2n) is 5.09. The van der Waals surface area contributed by atoms with Crippen molar-refractivity contribution in [2.24, 2.45) is 0 Å². The zero-order valence-corrected chi connectivity index (χ0v) is 12.0. The largest absolute Gasteiger partial charge is 0.480 e. The summed E-state index contributed by atoms with van der Waals surface area (Å²) in [5.41, 5.74) is -0.293. The van der Waals surface area contributed by atoms with E-state index in [4.69, 9.17) is 4.74 Å². The quantitative estimate of drug-likeness (QED) is 0.832. The summed E-state index contributed by atoms with van der Waals surface area (Å²) in [5.74, 6) is -1.48. The van der Waals surface area contributed by atoms with Crippen LogP contribution in [0.5, 0.6) is 0 Å². The zero-order chi connectivity index (χ0) is 15.3. The molecule has 1 aliphatic rings. The molecule has 1 amide bonds. The molecule has 0 aliphatic carbocycles. The summed E-state index contributed by atoms with van der Waals surface area (Å²) >= 11 is 0. The minimum Gasteiger partial charge on any atom is -0.480 e. The Balaban J connectivity index is 2.21. The monoisotopic (exact) mass is 293 g/mol. The lowest BCUT2D eigenvalue weighted by Crippen LogP contribution is -2.57. The predicted molar refractivity (Wildman–Crippen MR) is 73.9 cm³/mol. The summed E-state index contributed by atoms with van der Waals surface area (Å²) in [6.07, 6.45) is 4.82. The molecule has 1 aliphatic heterocycles. The van der Waals surface area contributed by atoms with Crippen LogP contribution in [0.15, 0.2) is 12.5 Å². The lowest BCUT2D eigenvalue weighted by Gasteiger charge is -2.33. The van der Waals surface area contributed by atoms with E-state index in [2.05, 4.69) is 15.3 Å². The van der Waals surface area contributed by atoms with Crippen molar-refractivity contribution in [2.45, 2.75) is 38.1 Å². The molecular weight excluding hydrogens is 274 g/mol. The van der Waals surface area contributed by atoms with Gasteiger partial charge in [-0.1, -0.05) is 13.3 Å². The van der Waals surface area contributed by atoms with Crippen molar-refractivity contribution in [3.8, 4) is 0 Å². The molecule has 2 heterocycles. The third-order valence-electron chi connectivity index (χ3n) is 3.63. The van der Waals surface area contributed by atoms with Crippen LogP contribution in [0, 0.1) is 0 Å². The van der Waals surface area contributed by atoms with E-state index in [1.165, 1.54) is 12.5 Å². The van der Waals surface area contributed by atoms with E-state index in [-0.39, 0.29) is 12.8 Å². The number of nitrogens with one attached hydrogen (secondary N) is 1. The Morgan fingerprint density at radius 1 is 1.43 bits per heavy atom. The second-order valence-corrected chi connectivity index (χ2v) is 5.09. The number of nitrogens with zero attached hydrogens (tertiary/aromatic N) is 2. The summed E-state index contributed by atoms with van der Waals surface area (Å²) in [5, 5.41) is 12.1. The maximum atomic E-state index is 12.4. The van der Waals surface area contributed by atoms with Crippen LogP contribution >= 0.6 is 0 Å². The number of hydrogen-bond donors (Lipinski definition) is 2. The third-order valence-corrected chi connectivity index (χ3v) is 3.63. The molecule has 114 valence electrons. The van der Waals surface area contributed by atoms with Crippen LogP contribution in [0.25, 0.3) is 0 Å². The van der Waals surface area contributed by atoms with Gasteiger partial charge in [0.2, 0.25) is 0 Å². The molecule has 0 radical (unpaired) electrons. The average Bonchev–Trinajstić information content (AvgIpc) is 2.49. The number of carboxylic acids is 1. The van der Waals surface area contributed by atoms with Gasteiger partial charge in [-0.2, -0.15) is 0 Å². The number of carbonyl (C=O) groups excluding carboxylic acids is 1. The van der Waals surface area contributed by atoms with Crippen molar-refractivity contribution in [1.29, 1.82) is 0 Å². The Labute approximate surface area is 122 Å². The first kappa shape index (κ1) is 15.4. The van der Waals surface area contributed by atoms with Gasteiger partial charge < -0.3 is 15.2 Å². The number of carboxylic acid groups (broad SMARTS) is 1. The SMILES string of the molecule is CCCc1ncncc1C(=O)NC1(C(=O)O)CCOCC1. The Bertz CT molecular complexity index is 527. The van der Waals surface area contributed by atoms with E-state index in [0.717, 1.165) is 6.42 Å². The fourth-order valence-electron chi connectivity index (χ4n) is 2.38. The van der Waals surface area contributed by atoms with Gasteiger partial charge in [0, 0.05) is 32.3 Å². The molecule has 7 nitrogen and oxygen atoms in total. The lowest BCUT2D eigenvalue weighted by atomic mass is 9.89. The van der Waals surface area contributed by atoms with Gasteiger partial charge in [-0.3, -0.25) is 4.79 Å². The van der Waals surface area contributed by atoms with Gasteiger partial charge in [0.15, 0.2) is 0 Å². The molecule has 2 rings (SSSR count). The van der Waals surface area contributed by atoms with Crippen molar-refractivity contribution in [3.63, 3.8) is 0 Å². The topological polar surface area (TPSA) is 101 Å². The van der Waals surface area contributed by atoms with E-state index in [1.54, 1.807) is 0 Å². The van der Waals surface area contributed by atoms with Crippen molar-refractivity contribution in [3.05, 3.63) is 23.8 Å². The molecule has 0 bridgehead atoms. The Hall–Kier alpha value is -2.02. The molecular formula is C14H19N3O4. The zero-order valence-electron chi connectivity index (χ0n) is 12.0. The highest BCUT2D eigenvalue weighted by Gasteiger charge is 2.42. The molecule has 21 heavy (non-hydrogen) atoms. The number of ether oxygens (including phenoxy) is 1. The maximum Gasteiger partial charge on any atom is 0.329 e. The highest BCUT2D eigenvalue weighted by atomic mass is 16.5. The highest BCUT2D eigenvalue weighted by molar-refractivity contribution is 5.98. The van der Waals surface area contributed by atoms with Crippen LogP contribution in [-0.2, 0) is 16.0 Å². The molecule has 0 saturated carbocycles. The van der Waals surface area contributed by atoms with Crippen molar-refractivity contribution < 1.29 is 19.4 Å². The number of hydrogen-bond acceptors (Lipinski definition) is 5. The minimum atomic E-state index is -1.27. The third kappa shape index (κ3) is 3.36. The summed E-state index contributed by atoms with van der Waals surface area (Å²) in [6.45, 7) is 2.63. The van der Waals surface area contributed by atoms with Crippen LogP contribution < -0.4 is 5.32 Å². The summed E-state index contributed by atoms with van der Waals surface area (Å²) in [6, 6.07) is 0. The van der Waals surface area contributed by atoms with Gasteiger partial charge >= 0.3 is 5.97 Å². The fraction of sp³-hybridized carbons (Fsp3) is 0.571. The minimum absolute atomic E-state index is 0.255. The van der Waals surface area contributed by atoms with Gasteiger partial charge in [0.1, 0.15) is 11.9 Å². The van der Waals surface area contributed by atoms with Crippen LogP contribution in [-0.4, -0.2) is 45.7 Å². The summed E-state index contributed by atoms with van der Waals surface area (Å²) in [4.78, 5) is 31.9. The van der Waals surface area contributed by atoms with Crippen LogP contribution in [0.4, 0.5) is 0 Å². The molecule has 7 heteroatoms. The Morgan fingerprint density at radius 2 is 2.14 bits per heavy atom. The second kappa shape index (κ2) is 6.62. The predicted octanol–water partition coefficient (Wildman–Crippen LogP) is 0.793. The fourth-order valence-corrected chi connectivity index (χ4v) is 2.38. The number of carbonyl (C=O) groups is 2. The molecule has 1 aromatic rings. The van der Waals surface area contributed by atoms with Gasteiger partial charge in [-0.05, 0) is 6.42 Å². The first-order valence-corrected chi connectivity index (χ1v) is 7.01. The molecule has 0 aromatic carbocycles. The first-order valence-electron chi connectivity index (χ1n) is 7.01. The van der Waals surface area contributed by atoms with Gasteiger partial charge in [-0.15, -0.1) is 0 Å². The molecule has 1 aromatic heterocycles. The number of aromatic nitrogens is 2. The standard InChI is InChI=1S/C14H19N3O4/c1-2-3-11-10(8-15-9-16-11)12(18)17-14(13(19)20)4-6-21-7-5-14/h8-9H,2-7H2,1H3,(H,17,18)(H,19,20). The normalized spacial score (nSPS) is 17.2. The van der Waals surface area contributed by atoms with E-state index < -0.39 is 17.4 Å². The Kier molecular flexibility index (Phi) is 4.85. The molecule has 0 spiro atoms. The highest BCUT2D eigenvalue weighted by Crippen LogP contribution is 2.22. The first-order chi connectivity index (χ1) is 10.1. The van der Waals surface area contributed by atoms with Crippen molar-refractivity contribution in [1.82, 2.24) is 15.3 Å². The number of aliphatic carboxylic acids is 1. The van der Waals surface area contributed by atoms with Crippen LogP contribution in [0.3, 0.4) is 0 Å². The van der Waals surface area contributed by atoms with E-state index >= 15 is 0 Å². The lowest BCUT2D eigenvalue weighted by molar-refractivity contribution is -0.148. The van der Waals surface area contributed by atoms with E-state index in [0.29, 0.717) is 30.9 Å².